The molecule has 0 N–H and O–H groups in total. The molecule has 276 valence electrons. The highest BCUT2D eigenvalue weighted by atomic mass is 32.1. The van der Waals surface area contributed by atoms with Gasteiger partial charge in [0.2, 0.25) is 0 Å². The second kappa shape index (κ2) is 13.5. The number of thiophene rings is 1. The molecule has 0 fully saturated rings. The lowest BCUT2D eigenvalue weighted by Gasteiger charge is -2.26. The Bertz CT molecular complexity index is 3520. The molecule has 0 unspecified atom stereocenters. The van der Waals surface area contributed by atoms with Gasteiger partial charge in [0.1, 0.15) is 11.2 Å². The van der Waals surface area contributed by atoms with E-state index in [1.807, 2.05) is 72.0 Å². The van der Waals surface area contributed by atoms with Crippen LogP contribution < -0.4 is 4.90 Å². The van der Waals surface area contributed by atoms with Crippen molar-refractivity contribution in [1.29, 1.82) is 0 Å². The molecule has 0 saturated carbocycles. The number of hydrogen-bond acceptors (Lipinski definition) is 6. The Balaban J connectivity index is 1.19. The van der Waals surface area contributed by atoms with Gasteiger partial charge in [-0.05, 0) is 70.1 Å². The van der Waals surface area contributed by atoms with Gasteiger partial charge in [-0.15, -0.1) is 11.3 Å². The molecule has 0 aliphatic heterocycles. The smallest absolute Gasteiger partial charge is 0.164 e. The van der Waals surface area contributed by atoms with E-state index in [0.717, 1.165) is 71.8 Å². The fourth-order valence-electron chi connectivity index (χ4n) is 8.50. The van der Waals surface area contributed by atoms with E-state index in [1.54, 1.807) is 0 Å². The highest BCUT2D eigenvalue weighted by Crippen LogP contribution is 2.46. The number of benzene rings is 9. The first kappa shape index (κ1) is 33.5. The number of nitrogens with zero attached hydrogens (tertiary/aromatic N) is 4. The first-order valence-corrected chi connectivity index (χ1v) is 20.5. The summed E-state index contributed by atoms with van der Waals surface area (Å²) in [6.45, 7) is 0. The average molecular weight is 773 g/mol. The lowest BCUT2D eigenvalue weighted by Crippen LogP contribution is -2.10. The largest absolute Gasteiger partial charge is 0.456 e. The van der Waals surface area contributed by atoms with E-state index in [-0.39, 0.29) is 0 Å². The lowest BCUT2D eigenvalue weighted by molar-refractivity contribution is 0.669. The SMILES string of the molecule is c1ccc(-c2nc(-c3ccccc3)nc(-c3cc(N(c4ccc5ccccc5c4)c4ccc5sc6ccccc6c5c4)cc4oc5ccc6ccccc6c5c34)n2)cc1. The third-order valence-corrected chi connectivity index (χ3v) is 12.4. The molecular weight excluding hydrogens is 741 g/mol. The van der Waals surface area contributed by atoms with Gasteiger partial charge in [-0.3, -0.25) is 0 Å². The van der Waals surface area contributed by atoms with Gasteiger partial charge in [0.15, 0.2) is 17.5 Å². The van der Waals surface area contributed by atoms with E-state index in [4.69, 9.17) is 19.4 Å². The lowest BCUT2D eigenvalue weighted by atomic mass is 9.99. The van der Waals surface area contributed by atoms with Crippen molar-refractivity contribution in [3.63, 3.8) is 0 Å². The minimum atomic E-state index is 0.568. The van der Waals surface area contributed by atoms with Crippen LogP contribution in [0.3, 0.4) is 0 Å². The summed E-state index contributed by atoms with van der Waals surface area (Å²) in [4.78, 5) is 18.0. The summed E-state index contributed by atoms with van der Waals surface area (Å²) in [5, 5.41) is 9.06. The Labute approximate surface area is 343 Å². The number of rotatable bonds is 6. The second-order valence-electron chi connectivity index (χ2n) is 14.8. The summed E-state index contributed by atoms with van der Waals surface area (Å²) >= 11 is 1.82. The summed E-state index contributed by atoms with van der Waals surface area (Å²) in [6, 6.07) is 68.0. The molecule has 3 aromatic heterocycles. The van der Waals surface area contributed by atoms with Crippen molar-refractivity contribution in [1.82, 2.24) is 15.0 Å². The van der Waals surface area contributed by atoms with Crippen LogP contribution in [0.25, 0.3) is 97.8 Å². The van der Waals surface area contributed by atoms with E-state index in [1.165, 1.54) is 25.6 Å². The molecule has 0 aliphatic carbocycles. The maximum absolute atomic E-state index is 6.90. The molecule has 3 heterocycles. The highest BCUT2D eigenvalue weighted by molar-refractivity contribution is 7.25. The van der Waals surface area contributed by atoms with Crippen molar-refractivity contribution in [2.75, 3.05) is 4.90 Å². The van der Waals surface area contributed by atoms with Crippen LogP contribution >= 0.6 is 11.3 Å². The maximum Gasteiger partial charge on any atom is 0.164 e. The summed E-state index contributed by atoms with van der Waals surface area (Å²) < 4.78 is 9.43. The average Bonchev–Trinajstić information content (AvgIpc) is 3.88. The van der Waals surface area contributed by atoms with Gasteiger partial charge in [-0.1, -0.05) is 140 Å². The molecule has 0 aliphatic rings. The molecule has 0 spiro atoms. The molecule has 0 bridgehead atoms. The Morgan fingerprint density at radius 2 is 0.966 bits per heavy atom. The van der Waals surface area contributed by atoms with Crippen LogP contribution in [-0.2, 0) is 0 Å². The van der Waals surface area contributed by atoms with Crippen molar-refractivity contribution in [2.45, 2.75) is 0 Å². The van der Waals surface area contributed by atoms with Crippen molar-refractivity contribution >= 4 is 92.1 Å². The van der Waals surface area contributed by atoms with E-state index in [0.29, 0.717) is 17.5 Å². The van der Waals surface area contributed by atoms with Crippen LogP contribution in [0.15, 0.2) is 199 Å². The Kier molecular flexibility index (Phi) is 7.64. The first-order valence-electron chi connectivity index (χ1n) is 19.7. The Morgan fingerprint density at radius 3 is 1.75 bits per heavy atom. The molecule has 6 heteroatoms. The van der Waals surface area contributed by atoms with Gasteiger partial charge in [-0.25, -0.2) is 15.0 Å². The molecule has 0 atom stereocenters. The van der Waals surface area contributed by atoms with Crippen molar-refractivity contribution in [3.05, 3.63) is 194 Å². The predicted molar refractivity (Wildman–Crippen MR) is 246 cm³/mol. The van der Waals surface area contributed by atoms with E-state index in [2.05, 4.69) is 138 Å². The van der Waals surface area contributed by atoms with Crippen LogP contribution in [0.2, 0.25) is 0 Å². The van der Waals surface area contributed by atoms with Crippen LogP contribution in [0.5, 0.6) is 0 Å². The molecule has 9 aromatic carbocycles. The Morgan fingerprint density at radius 1 is 0.373 bits per heavy atom. The molecule has 0 saturated heterocycles. The molecule has 0 amide bonds. The summed E-state index contributed by atoms with van der Waals surface area (Å²) in [5.74, 6) is 1.77. The normalized spacial score (nSPS) is 11.7. The van der Waals surface area contributed by atoms with Gasteiger partial charge in [-0.2, -0.15) is 0 Å². The predicted octanol–water partition coefficient (Wildman–Crippen LogP) is 14.9. The zero-order chi connectivity index (χ0) is 38.9. The van der Waals surface area contributed by atoms with E-state index < -0.39 is 0 Å². The summed E-state index contributed by atoms with van der Waals surface area (Å²) in [7, 11) is 0. The van der Waals surface area contributed by atoms with Gasteiger partial charge < -0.3 is 9.32 Å². The third kappa shape index (κ3) is 5.64. The quantitative estimate of drug-likeness (QED) is 0.168. The summed E-state index contributed by atoms with van der Waals surface area (Å²) in [6.07, 6.45) is 0. The number of anilines is 3. The minimum Gasteiger partial charge on any atom is -0.456 e. The topological polar surface area (TPSA) is 55.1 Å². The zero-order valence-corrected chi connectivity index (χ0v) is 32.4. The van der Waals surface area contributed by atoms with Crippen molar-refractivity contribution in [3.8, 4) is 34.2 Å². The minimum absolute atomic E-state index is 0.568. The van der Waals surface area contributed by atoms with Crippen LogP contribution in [0.1, 0.15) is 0 Å². The number of aromatic nitrogens is 3. The fraction of sp³-hybridized carbons (Fsp3) is 0. The molecular formula is C53H32N4OS. The third-order valence-electron chi connectivity index (χ3n) is 11.3. The van der Waals surface area contributed by atoms with Gasteiger partial charge in [0, 0.05) is 65.1 Å². The van der Waals surface area contributed by atoms with Crippen molar-refractivity contribution < 1.29 is 4.42 Å². The highest BCUT2D eigenvalue weighted by Gasteiger charge is 2.24. The van der Waals surface area contributed by atoms with Crippen molar-refractivity contribution in [2.24, 2.45) is 0 Å². The maximum atomic E-state index is 6.90. The monoisotopic (exact) mass is 772 g/mol. The molecule has 0 radical (unpaired) electrons. The molecule has 59 heavy (non-hydrogen) atoms. The van der Waals surface area contributed by atoms with Gasteiger partial charge in [0.05, 0.1) is 5.69 Å². The van der Waals surface area contributed by atoms with E-state index in [9.17, 15) is 0 Å². The number of furan rings is 1. The Hall–Kier alpha value is -7.67. The number of fused-ring (bicyclic) bond motifs is 9. The zero-order valence-electron chi connectivity index (χ0n) is 31.6. The van der Waals surface area contributed by atoms with E-state index >= 15 is 0 Å². The molecule has 12 rings (SSSR count). The number of hydrogen-bond donors (Lipinski definition) is 0. The summed E-state index contributed by atoms with van der Waals surface area (Å²) in [5.41, 5.74) is 7.23. The van der Waals surface area contributed by atoms with Gasteiger partial charge >= 0.3 is 0 Å². The van der Waals surface area contributed by atoms with Crippen LogP contribution in [-0.4, -0.2) is 15.0 Å². The van der Waals surface area contributed by atoms with Crippen LogP contribution in [0, 0.1) is 0 Å². The van der Waals surface area contributed by atoms with Gasteiger partial charge in [0.25, 0.3) is 0 Å². The standard InChI is InChI=1S/C53H32N4OS/c1-3-15-35(16-4-1)51-54-52(36-17-5-2-6-18-36)56-53(55-51)44-31-40(32-46-50(44)49-41-20-10-9-14-34(41)24-27-45(49)58-46)57(38-25-23-33-13-7-8-19-37(33)29-38)39-26-28-48-43(30-39)42-21-11-12-22-47(42)59-48/h1-32H. The second-order valence-corrected chi connectivity index (χ2v) is 15.9. The fourth-order valence-corrected chi connectivity index (χ4v) is 9.59. The first-order chi connectivity index (χ1) is 29.2. The molecule has 5 nitrogen and oxygen atoms in total. The van der Waals surface area contributed by atoms with Crippen LogP contribution in [0.4, 0.5) is 17.1 Å². The molecule has 12 aromatic rings.